The minimum Gasteiger partial charge on any atom is -0.308 e. The highest BCUT2D eigenvalue weighted by atomic mass is 15.1. The van der Waals surface area contributed by atoms with E-state index in [-0.39, 0.29) is 0 Å². The summed E-state index contributed by atoms with van der Waals surface area (Å²) in [6.45, 7) is 11.2. The fourth-order valence-corrected chi connectivity index (χ4v) is 8.65. The lowest BCUT2D eigenvalue weighted by Crippen LogP contribution is -2.07. The standard InChI is InChI=1S/C52H28N10/c1-30-58-31(2)60-52(59-30)45-25-48(61-46-10-6-4-8-41(46)43-17-13-33(22-49(43)61)39-16-12-32(26-53)20-35(39)27-54)37(29-56)24-51(45)62-47-11-7-5-9-42(47)44-18-14-34(23-50(44)62)40-19-15-38(57-3)21-36(40)28-55/h4-25H,1-2H3. The normalized spacial score (nSPS) is 11.0. The third-order valence-electron chi connectivity index (χ3n) is 11.3. The topological polar surface area (TPSA) is 148 Å². The zero-order valence-corrected chi connectivity index (χ0v) is 33.2. The summed E-state index contributed by atoms with van der Waals surface area (Å²) < 4.78 is 4.21. The molecule has 0 bridgehead atoms. The molecule has 10 nitrogen and oxygen atoms in total. The van der Waals surface area contributed by atoms with Gasteiger partial charge in [-0.05, 0) is 90.7 Å². The van der Waals surface area contributed by atoms with E-state index in [0.29, 0.717) is 73.5 Å². The van der Waals surface area contributed by atoms with Crippen LogP contribution in [0.3, 0.4) is 0 Å². The predicted octanol–water partition coefficient (Wildman–Crippen LogP) is 11.7. The van der Waals surface area contributed by atoms with Gasteiger partial charge in [-0.2, -0.15) is 21.0 Å². The van der Waals surface area contributed by atoms with Crippen LogP contribution < -0.4 is 0 Å². The van der Waals surface area contributed by atoms with Crippen molar-refractivity contribution in [1.29, 1.82) is 21.0 Å². The molecule has 0 aliphatic heterocycles. The molecule has 0 spiro atoms. The number of fused-ring (bicyclic) bond motifs is 6. The van der Waals surface area contributed by atoms with Crippen molar-refractivity contribution in [3.05, 3.63) is 179 Å². The van der Waals surface area contributed by atoms with E-state index < -0.39 is 0 Å². The van der Waals surface area contributed by atoms with Crippen LogP contribution >= 0.6 is 0 Å². The number of nitrogens with zero attached hydrogens (tertiary/aromatic N) is 10. The summed E-state index contributed by atoms with van der Waals surface area (Å²) in [5.74, 6) is 1.51. The van der Waals surface area contributed by atoms with Crippen LogP contribution in [-0.2, 0) is 0 Å². The van der Waals surface area contributed by atoms with Crippen LogP contribution in [0.1, 0.15) is 33.9 Å². The van der Waals surface area contributed by atoms with Gasteiger partial charge in [-0.1, -0.05) is 78.9 Å². The molecule has 0 saturated carbocycles. The third-order valence-corrected chi connectivity index (χ3v) is 11.3. The Morgan fingerprint density at radius 3 is 1.56 bits per heavy atom. The largest absolute Gasteiger partial charge is 0.308 e. The average molecular weight is 793 g/mol. The first kappa shape index (κ1) is 36.9. The molecule has 0 N–H and O–H groups in total. The smallest absolute Gasteiger partial charge is 0.188 e. The molecular formula is C52H28N10. The Hall–Kier alpha value is -9.40. The number of benzene rings is 7. The van der Waals surface area contributed by atoms with Gasteiger partial charge >= 0.3 is 0 Å². The van der Waals surface area contributed by atoms with Crippen LogP contribution in [0.5, 0.6) is 0 Å². The summed E-state index contributed by atoms with van der Waals surface area (Å²) in [4.78, 5) is 17.8. The number of aryl methyl sites for hydroxylation is 2. The monoisotopic (exact) mass is 792 g/mol. The number of rotatable bonds is 5. The van der Waals surface area contributed by atoms with Gasteiger partial charge in [0, 0.05) is 32.7 Å². The maximum Gasteiger partial charge on any atom is 0.188 e. The zero-order valence-electron chi connectivity index (χ0n) is 33.2. The summed E-state index contributed by atoms with van der Waals surface area (Å²) in [5, 5.41) is 44.9. The van der Waals surface area contributed by atoms with Gasteiger partial charge in [0.15, 0.2) is 11.5 Å². The SMILES string of the molecule is [C-]#[N+]c1ccc(-c2ccc3c4ccccc4n(-c4cc(C#N)c(-n5c6ccccc6c6ccc(-c7ccc(C#N)cc7C#N)cc65)cc4-c4nc(C)nc(C)n4)c3c2)c(C#N)c1. The van der Waals surface area contributed by atoms with Gasteiger partial charge in [0.05, 0.1) is 74.9 Å². The molecule has 286 valence electrons. The Morgan fingerprint density at radius 1 is 0.468 bits per heavy atom. The highest BCUT2D eigenvalue weighted by Crippen LogP contribution is 2.42. The van der Waals surface area contributed by atoms with E-state index in [1.165, 1.54) is 0 Å². The first-order valence-electron chi connectivity index (χ1n) is 19.5. The highest BCUT2D eigenvalue weighted by Gasteiger charge is 2.24. The van der Waals surface area contributed by atoms with Gasteiger partial charge < -0.3 is 9.13 Å². The third kappa shape index (κ3) is 5.79. The van der Waals surface area contributed by atoms with E-state index in [1.807, 2.05) is 105 Å². The molecule has 0 amide bonds. The maximum absolute atomic E-state index is 11.2. The lowest BCUT2D eigenvalue weighted by Gasteiger charge is -2.18. The average Bonchev–Trinajstić information content (AvgIpc) is 3.82. The van der Waals surface area contributed by atoms with E-state index in [9.17, 15) is 21.0 Å². The van der Waals surface area contributed by atoms with Crippen LogP contribution in [0.15, 0.2) is 133 Å². The summed E-state index contributed by atoms with van der Waals surface area (Å²) in [7, 11) is 0. The van der Waals surface area contributed by atoms with E-state index in [1.54, 1.807) is 30.3 Å². The summed E-state index contributed by atoms with van der Waals surface area (Å²) >= 11 is 0. The molecule has 10 aromatic rings. The summed E-state index contributed by atoms with van der Waals surface area (Å²) in [5.41, 5.74) is 10.2. The van der Waals surface area contributed by atoms with Crippen LogP contribution in [0, 0.1) is 65.7 Å². The molecule has 62 heavy (non-hydrogen) atoms. The summed E-state index contributed by atoms with van der Waals surface area (Å²) in [6.07, 6.45) is 0. The molecule has 0 radical (unpaired) electrons. The van der Waals surface area contributed by atoms with Gasteiger partial charge in [0.25, 0.3) is 0 Å². The lowest BCUT2D eigenvalue weighted by atomic mass is 9.97. The quantitative estimate of drug-likeness (QED) is 0.157. The van der Waals surface area contributed by atoms with Crippen LogP contribution in [0.25, 0.3) is 93.5 Å². The fourth-order valence-electron chi connectivity index (χ4n) is 8.65. The molecule has 0 atom stereocenters. The predicted molar refractivity (Wildman–Crippen MR) is 239 cm³/mol. The highest BCUT2D eigenvalue weighted by molar-refractivity contribution is 6.12. The second kappa shape index (κ2) is 14.5. The van der Waals surface area contributed by atoms with Crippen molar-refractivity contribution in [2.75, 3.05) is 0 Å². The van der Waals surface area contributed by atoms with E-state index in [2.05, 4.69) is 55.4 Å². The van der Waals surface area contributed by atoms with Gasteiger partial charge in [0.1, 0.15) is 17.7 Å². The van der Waals surface area contributed by atoms with E-state index >= 15 is 0 Å². The molecule has 0 unspecified atom stereocenters. The van der Waals surface area contributed by atoms with Crippen molar-refractivity contribution >= 4 is 49.3 Å². The van der Waals surface area contributed by atoms with Gasteiger partial charge in [-0.3, -0.25) is 0 Å². The maximum atomic E-state index is 11.2. The van der Waals surface area contributed by atoms with Gasteiger partial charge in [-0.15, -0.1) is 0 Å². The molecular weight excluding hydrogens is 765 g/mol. The van der Waals surface area contributed by atoms with Gasteiger partial charge in [-0.25, -0.2) is 19.8 Å². The fraction of sp³-hybridized carbons (Fsp3) is 0.0385. The molecule has 10 heteroatoms. The Morgan fingerprint density at radius 2 is 1.00 bits per heavy atom. The number of para-hydroxylation sites is 2. The second-order valence-corrected chi connectivity index (χ2v) is 14.9. The number of aromatic nitrogens is 5. The molecule has 7 aromatic carbocycles. The van der Waals surface area contributed by atoms with E-state index in [4.69, 9.17) is 16.5 Å². The number of hydrogen-bond acceptors (Lipinski definition) is 7. The summed E-state index contributed by atoms with van der Waals surface area (Å²) in [6, 6.07) is 51.5. The van der Waals surface area contributed by atoms with Crippen molar-refractivity contribution < 1.29 is 0 Å². The Labute approximate surface area is 355 Å². The number of hydrogen-bond donors (Lipinski definition) is 0. The minimum absolute atomic E-state index is 0.384. The zero-order chi connectivity index (χ0) is 42.6. The Bertz CT molecular complexity index is 3770. The Kier molecular flexibility index (Phi) is 8.61. The molecule has 0 fully saturated rings. The van der Waals surface area contributed by atoms with Crippen molar-refractivity contribution in [2.45, 2.75) is 13.8 Å². The molecule has 3 aromatic heterocycles. The van der Waals surface area contributed by atoms with Crippen molar-refractivity contribution in [2.24, 2.45) is 0 Å². The van der Waals surface area contributed by atoms with Crippen molar-refractivity contribution in [3.63, 3.8) is 0 Å². The molecule has 0 saturated heterocycles. The van der Waals surface area contributed by atoms with Crippen LogP contribution in [-0.4, -0.2) is 24.1 Å². The lowest BCUT2D eigenvalue weighted by molar-refractivity contribution is 0.926. The van der Waals surface area contributed by atoms with Crippen LogP contribution in [0.2, 0.25) is 0 Å². The molecule has 3 heterocycles. The van der Waals surface area contributed by atoms with E-state index in [0.717, 1.165) is 54.7 Å². The number of nitriles is 4. The van der Waals surface area contributed by atoms with Crippen molar-refractivity contribution in [3.8, 4) is 69.3 Å². The van der Waals surface area contributed by atoms with Gasteiger partial charge in [0.2, 0.25) is 0 Å². The van der Waals surface area contributed by atoms with Crippen molar-refractivity contribution in [1.82, 2.24) is 24.1 Å². The Balaban J connectivity index is 1.30. The first-order valence-corrected chi connectivity index (χ1v) is 19.5. The molecule has 10 rings (SSSR count). The second-order valence-electron chi connectivity index (χ2n) is 14.9. The first-order chi connectivity index (χ1) is 30.3. The molecule has 0 aliphatic rings. The van der Waals surface area contributed by atoms with Crippen LogP contribution in [0.4, 0.5) is 5.69 Å². The molecule has 0 aliphatic carbocycles. The minimum atomic E-state index is 0.384.